The number of amides is 1. The number of carbonyl (C=O) groups is 2. The summed E-state index contributed by atoms with van der Waals surface area (Å²) in [6.07, 6.45) is 1.87. The molecule has 4 heteroatoms. The fourth-order valence-corrected chi connectivity index (χ4v) is 2.77. The summed E-state index contributed by atoms with van der Waals surface area (Å²) < 4.78 is 0. The molecule has 0 saturated carbocycles. The van der Waals surface area contributed by atoms with Gasteiger partial charge in [0.25, 0.3) is 0 Å². The average Bonchev–Trinajstić information content (AvgIpc) is 2.81. The predicted molar refractivity (Wildman–Crippen MR) is 76.4 cm³/mol. The summed E-state index contributed by atoms with van der Waals surface area (Å²) in [5.41, 5.74) is 2.32. The number of nitrogens with zero attached hydrogens (tertiary/aromatic N) is 1. The minimum absolute atomic E-state index is 0.0855. The second kappa shape index (κ2) is 5.27. The van der Waals surface area contributed by atoms with E-state index >= 15 is 0 Å². The van der Waals surface area contributed by atoms with E-state index in [1.165, 1.54) is 10.5 Å². The van der Waals surface area contributed by atoms with Crippen LogP contribution < -0.4 is 0 Å². The molecule has 0 aliphatic carbocycles. The number of carboxylic acids is 1. The lowest BCUT2D eigenvalue weighted by atomic mass is 9.86. The van der Waals surface area contributed by atoms with Crippen molar-refractivity contribution in [2.75, 3.05) is 0 Å². The van der Waals surface area contributed by atoms with Crippen LogP contribution in [0.5, 0.6) is 0 Å². The molecule has 1 N–H and O–H groups in total. The molecule has 20 heavy (non-hydrogen) atoms. The van der Waals surface area contributed by atoms with Gasteiger partial charge in [0.15, 0.2) is 0 Å². The molecular formula is C16H21NO3. The lowest BCUT2D eigenvalue weighted by molar-refractivity contribution is -0.145. The van der Waals surface area contributed by atoms with Crippen molar-refractivity contribution in [3.05, 3.63) is 35.4 Å². The third kappa shape index (κ3) is 2.69. The molecule has 1 amide bonds. The molecule has 0 radical (unpaired) electrons. The highest BCUT2D eigenvalue weighted by atomic mass is 16.4. The highest BCUT2D eigenvalue weighted by Gasteiger charge is 2.37. The minimum atomic E-state index is -0.925. The van der Waals surface area contributed by atoms with Gasteiger partial charge in [-0.3, -0.25) is 4.79 Å². The van der Waals surface area contributed by atoms with Crippen LogP contribution in [-0.2, 0) is 15.0 Å². The fourth-order valence-electron chi connectivity index (χ4n) is 2.77. The number of hydrogen-bond acceptors (Lipinski definition) is 2. The van der Waals surface area contributed by atoms with E-state index < -0.39 is 12.0 Å². The first-order valence-electron chi connectivity index (χ1n) is 6.90. The van der Waals surface area contributed by atoms with Gasteiger partial charge in [0.2, 0.25) is 6.41 Å². The number of benzene rings is 1. The van der Waals surface area contributed by atoms with Gasteiger partial charge < -0.3 is 10.0 Å². The zero-order chi connectivity index (χ0) is 14.9. The molecule has 0 spiro atoms. The predicted octanol–water partition coefficient (Wildman–Crippen LogP) is 2.73. The number of hydrogen-bond donors (Lipinski definition) is 1. The monoisotopic (exact) mass is 275 g/mol. The summed E-state index contributed by atoms with van der Waals surface area (Å²) in [6.45, 7) is 6.45. The van der Waals surface area contributed by atoms with E-state index in [4.69, 9.17) is 5.11 Å². The van der Waals surface area contributed by atoms with Gasteiger partial charge in [0.05, 0.1) is 6.04 Å². The van der Waals surface area contributed by atoms with Crippen molar-refractivity contribution in [3.63, 3.8) is 0 Å². The number of rotatable bonds is 3. The van der Waals surface area contributed by atoms with Crippen molar-refractivity contribution in [1.29, 1.82) is 0 Å². The van der Waals surface area contributed by atoms with Crippen molar-refractivity contribution in [1.82, 2.24) is 4.90 Å². The maximum atomic E-state index is 11.2. The summed E-state index contributed by atoms with van der Waals surface area (Å²) in [5.74, 6) is -0.925. The maximum Gasteiger partial charge on any atom is 0.326 e. The molecule has 0 aromatic heterocycles. The first-order valence-corrected chi connectivity index (χ1v) is 6.90. The van der Waals surface area contributed by atoms with Gasteiger partial charge in [0.1, 0.15) is 6.04 Å². The Morgan fingerprint density at radius 2 is 1.85 bits per heavy atom. The molecule has 1 aromatic carbocycles. The van der Waals surface area contributed by atoms with Gasteiger partial charge >= 0.3 is 5.97 Å². The molecule has 108 valence electrons. The van der Waals surface area contributed by atoms with Crippen molar-refractivity contribution in [2.45, 2.75) is 51.1 Å². The fraction of sp³-hybridized carbons (Fsp3) is 0.500. The van der Waals surface area contributed by atoms with E-state index in [-0.39, 0.29) is 11.5 Å². The van der Waals surface area contributed by atoms with Crippen LogP contribution in [0.1, 0.15) is 50.8 Å². The van der Waals surface area contributed by atoms with Gasteiger partial charge in [-0.2, -0.15) is 0 Å². The summed E-state index contributed by atoms with van der Waals surface area (Å²) >= 11 is 0. The standard InChI is InChI=1S/C16H21NO3/c1-16(2,3)12-6-4-11(5-7-12)13-8-9-14(15(19)20)17(13)10-18/h4-7,10,13-14H,8-9H2,1-3H3,(H,19,20)/t13-,14+/m1/s1. The number of aliphatic carboxylic acids is 1. The largest absolute Gasteiger partial charge is 0.480 e. The zero-order valence-electron chi connectivity index (χ0n) is 12.2. The third-order valence-electron chi connectivity index (χ3n) is 4.00. The smallest absolute Gasteiger partial charge is 0.326 e. The first kappa shape index (κ1) is 14.6. The molecule has 2 atom stereocenters. The van der Waals surface area contributed by atoms with Crippen molar-refractivity contribution in [2.24, 2.45) is 0 Å². The minimum Gasteiger partial charge on any atom is -0.480 e. The van der Waals surface area contributed by atoms with Crippen LogP contribution in [-0.4, -0.2) is 28.4 Å². The third-order valence-corrected chi connectivity index (χ3v) is 4.00. The summed E-state index contributed by atoms with van der Waals surface area (Å²) in [4.78, 5) is 23.8. The van der Waals surface area contributed by atoms with Crippen molar-refractivity contribution in [3.8, 4) is 0 Å². The second-order valence-electron chi connectivity index (χ2n) is 6.37. The Morgan fingerprint density at radius 3 is 2.30 bits per heavy atom. The van der Waals surface area contributed by atoms with Crippen LogP contribution in [0.15, 0.2) is 24.3 Å². The Bertz CT molecular complexity index is 501. The molecule has 1 aromatic rings. The molecule has 0 unspecified atom stereocenters. The lowest BCUT2D eigenvalue weighted by Gasteiger charge is -2.25. The topological polar surface area (TPSA) is 57.6 Å². The van der Waals surface area contributed by atoms with Gasteiger partial charge in [-0.05, 0) is 29.4 Å². The Kier molecular flexibility index (Phi) is 3.84. The summed E-state index contributed by atoms with van der Waals surface area (Å²) in [7, 11) is 0. The van der Waals surface area contributed by atoms with Gasteiger partial charge in [-0.25, -0.2) is 4.79 Å². The molecule has 1 fully saturated rings. The average molecular weight is 275 g/mol. The Morgan fingerprint density at radius 1 is 1.25 bits per heavy atom. The van der Waals surface area contributed by atoms with Crippen LogP contribution in [0, 0.1) is 0 Å². The SMILES string of the molecule is CC(C)(C)c1ccc([C@H]2CC[C@@H](C(=O)O)N2C=O)cc1. The number of carboxylic acid groups (broad SMARTS) is 1. The zero-order valence-corrected chi connectivity index (χ0v) is 12.2. The van der Waals surface area contributed by atoms with E-state index in [2.05, 4.69) is 32.9 Å². The van der Waals surface area contributed by atoms with E-state index in [9.17, 15) is 9.59 Å². The van der Waals surface area contributed by atoms with Gasteiger partial charge in [0, 0.05) is 0 Å². The van der Waals surface area contributed by atoms with Crippen LogP contribution in [0.3, 0.4) is 0 Å². The first-order chi connectivity index (χ1) is 9.34. The normalized spacial score (nSPS) is 22.9. The van der Waals surface area contributed by atoms with E-state index in [0.717, 1.165) is 5.56 Å². The molecule has 1 aliphatic rings. The quantitative estimate of drug-likeness (QED) is 0.863. The lowest BCUT2D eigenvalue weighted by Crippen LogP contribution is -2.36. The molecule has 0 bridgehead atoms. The molecule has 2 rings (SSSR count). The van der Waals surface area contributed by atoms with E-state index in [1.807, 2.05) is 12.1 Å². The second-order valence-corrected chi connectivity index (χ2v) is 6.37. The number of likely N-dealkylation sites (tertiary alicyclic amines) is 1. The molecule has 4 nitrogen and oxygen atoms in total. The van der Waals surface area contributed by atoms with Gasteiger partial charge in [-0.15, -0.1) is 0 Å². The molecule has 1 aliphatic heterocycles. The highest BCUT2D eigenvalue weighted by molar-refractivity contribution is 5.77. The van der Waals surface area contributed by atoms with E-state index in [1.54, 1.807) is 0 Å². The van der Waals surface area contributed by atoms with Crippen molar-refractivity contribution >= 4 is 12.4 Å². The van der Waals surface area contributed by atoms with Crippen LogP contribution in [0.4, 0.5) is 0 Å². The van der Waals surface area contributed by atoms with E-state index in [0.29, 0.717) is 19.3 Å². The maximum absolute atomic E-state index is 11.2. The number of carbonyl (C=O) groups excluding carboxylic acids is 1. The highest BCUT2D eigenvalue weighted by Crippen LogP contribution is 2.35. The van der Waals surface area contributed by atoms with Crippen LogP contribution in [0.2, 0.25) is 0 Å². The molecular weight excluding hydrogens is 254 g/mol. The molecule has 1 heterocycles. The Labute approximate surface area is 119 Å². The van der Waals surface area contributed by atoms with Gasteiger partial charge in [-0.1, -0.05) is 45.0 Å². The molecule has 1 saturated heterocycles. The van der Waals surface area contributed by atoms with Crippen LogP contribution in [0.25, 0.3) is 0 Å². The summed E-state index contributed by atoms with van der Waals surface area (Å²) in [5, 5.41) is 9.13. The van der Waals surface area contributed by atoms with Crippen LogP contribution >= 0.6 is 0 Å². The Balaban J connectivity index is 2.24. The summed E-state index contributed by atoms with van der Waals surface area (Å²) in [6, 6.07) is 7.32. The Hall–Kier alpha value is -1.84. The van der Waals surface area contributed by atoms with Crippen molar-refractivity contribution < 1.29 is 14.7 Å².